The van der Waals surface area contributed by atoms with E-state index in [0.29, 0.717) is 28.8 Å². The Morgan fingerprint density at radius 1 is 1.12 bits per heavy atom. The number of nitro benzene ring substituents is 1. The summed E-state index contributed by atoms with van der Waals surface area (Å²) in [6, 6.07) is 19.6. The first-order valence-corrected chi connectivity index (χ1v) is 12.1. The second-order valence-electron chi connectivity index (χ2n) is 7.27. The van der Waals surface area contributed by atoms with Gasteiger partial charge in [-0.1, -0.05) is 48.2 Å². The number of thiophene rings is 1. The molecule has 4 aromatic rings. The van der Waals surface area contributed by atoms with Crippen LogP contribution in [0, 0.1) is 10.1 Å². The number of non-ortho nitro benzene ring substituents is 1. The molecule has 0 spiro atoms. The number of rotatable bonds is 9. The number of hydrogen-bond acceptors (Lipinski definition) is 7. The number of nitrogens with one attached hydrogen (secondary N) is 1. The van der Waals surface area contributed by atoms with Gasteiger partial charge in [-0.3, -0.25) is 19.5 Å². The van der Waals surface area contributed by atoms with Gasteiger partial charge in [-0.25, -0.2) is 0 Å². The van der Waals surface area contributed by atoms with E-state index in [9.17, 15) is 14.9 Å². The molecule has 2 heterocycles. The third kappa shape index (κ3) is 5.65. The van der Waals surface area contributed by atoms with Crippen LogP contribution in [-0.2, 0) is 17.0 Å². The molecule has 1 N–H and O–H groups in total. The van der Waals surface area contributed by atoms with Crippen molar-refractivity contribution >= 4 is 34.7 Å². The molecule has 0 aliphatic rings. The van der Waals surface area contributed by atoms with Gasteiger partial charge in [0.15, 0.2) is 11.0 Å². The van der Waals surface area contributed by atoms with Crippen LogP contribution in [0.15, 0.2) is 77.3 Å². The minimum atomic E-state index is -0.435. The van der Waals surface area contributed by atoms with Crippen molar-refractivity contribution in [3.05, 3.63) is 98.5 Å². The van der Waals surface area contributed by atoms with Gasteiger partial charge in [0.1, 0.15) is 0 Å². The normalized spacial score (nSPS) is 11.8. The molecule has 0 aliphatic heterocycles. The van der Waals surface area contributed by atoms with Gasteiger partial charge in [0.25, 0.3) is 5.69 Å². The smallest absolute Gasteiger partial charge is 0.269 e. The van der Waals surface area contributed by atoms with Crippen molar-refractivity contribution in [2.24, 2.45) is 0 Å². The fourth-order valence-corrected chi connectivity index (χ4v) is 4.89. The fourth-order valence-electron chi connectivity index (χ4n) is 3.27. The average Bonchev–Trinajstić information content (AvgIpc) is 3.48. The van der Waals surface area contributed by atoms with Gasteiger partial charge < -0.3 is 5.32 Å². The average molecular weight is 480 g/mol. The summed E-state index contributed by atoms with van der Waals surface area (Å²) in [4.78, 5) is 24.2. The summed E-state index contributed by atoms with van der Waals surface area (Å²) in [5, 5.41) is 25.4. The number of hydrogen-bond donors (Lipinski definition) is 1. The summed E-state index contributed by atoms with van der Waals surface area (Å²) in [5.74, 6) is 1.13. The predicted octanol–water partition coefficient (Wildman–Crippen LogP) is 4.95. The zero-order valence-electron chi connectivity index (χ0n) is 17.7. The molecule has 1 atom stereocenters. The Balaban J connectivity index is 1.60. The van der Waals surface area contributed by atoms with Crippen LogP contribution in [0.25, 0.3) is 5.69 Å². The van der Waals surface area contributed by atoms with Crippen LogP contribution in [-0.4, -0.2) is 25.6 Å². The van der Waals surface area contributed by atoms with Crippen molar-refractivity contribution in [1.82, 2.24) is 20.1 Å². The van der Waals surface area contributed by atoms with Crippen molar-refractivity contribution in [1.29, 1.82) is 0 Å². The molecule has 0 bridgehead atoms. The van der Waals surface area contributed by atoms with Crippen molar-refractivity contribution < 1.29 is 9.72 Å². The summed E-state index contributed by atoms with van der Waals surface area (Å²) < 4.78 is 1.84. The van der Waals surface area contributed by atoms with E-state index in [1.54, 1.807) is 12.1 Å². The standard InChI is InChI=1S/C23H21N5O3S2/c1-16(24-21(29)14-20-8-5-13-32-20)22-25-26-23(33-15-17-6-3-2-4-7-17)27(22)18-9-11-19(12-10-18)28(30)31/h2-13,16H,14-15H2,1H3,(H,24,29). The maximum absolute atomic E-state index is 12.5. The molecule has 1 amide bonds. The Kier molecular flexibility index (Phi) is 7.16. The topological polar surface area (TPSA) is 103 Å². The van der Waals surface area contributed by atoms with E-state index < -0.39 is 11.0 Å². The zero-order chi connectivity index (χ0) is 23.2. The van der Waals surface area contributed by atoms with Crippen molar-refractivity contribution in [3.8, 4) is 5.69 Å². The van der Waals surface area contributed by atoms with Crippen LogP contribution >= 0.6 is 23.1 Å². The number of aromatic nitrogens is 3. The SMILES string of the molecule is CC(NC(=O)Cc1cccs1)c1nnc(SCc2ccccc2)n1-c1ccc([N+](=O)[O-])cc1. The molecule has 8 nitrogen and oxygen atoms in total. The van der Waals surface area contributed by atoms with Crippen molar-refractivity contribution in [2.75, 3.05) is 0 Å². The number of amides is 1. The molecule has 10 heteroatoms. The molecule has 4 rings (SSSR count). The highest BCUT2D eigenvalue weighted by Crippen LogP contribution is 2.28. The Morgan fingerprint density at radius 2 is 1.88 bits per heavy atom. The van der Waals surface area contributed by atoms with Gasteiger partial charge in [-0.05, 0) is 36.1 Å². The number of nitrogens with zero attached hydrogens (tertiary/aromatic N) is 4. The predicted molar refractivity (Wildman–Crippen MR) is 129 cm³/mol. The largest absolute Gasteiger partial charge is 0.346 e. The van der Waals surface area contributed by atoms with Gasteiger partial charge in [0.05, 0.1) is 17.4 Å². The summed E-state index contributed by atoms with van der Waals surface area (Å²) in [6.45, 7) is 1.85. The highest BCUT2D eigenvalue weighted by atomic mass is 32.2. The van der Waals surface area contributed by atoms with Crippen LogP contribution in [0.5, 0.6) is 0 Å². The second kappa shape index (κ2) is 10.4. The third-order valence-electron chi connectivity index (χ3n) is 4.87. The van der Waals surface area contributed by atoms with Crippen LogP contribution in [0.2, 0.25) is 0 Å². The van der Waals surface area contributed by atoms with Gasteiger partial charge >= 0.3 is 0 Å². The fraction of sp³-hybridized carbons (Fsp3) is 0.174. The molecule has 0 fully saturated rings. The third-order valence-corrected chi connectivity index (χ3v) is 6.74. The molecule has 0 saturated carbocycles. The lowest BCUT2D eigenvalue weighted by Crippen LogP contribution is -2.29. The number of benzene rings is 2. The van der Waals surface area contributed by atoms with E-state index in [-0.39, 0.29) is 11.6 Å². The van der Waals surface area contributed by atoms with E-state index in [4.69, 9.17) is 0 Å². The Hall–Kier alpha value is -3.50. The molecule has 2 aromatic heterocycles. The Bertz CT molecular complexity index is 1220. The van der Waals surface area contributed by atoms with Gasteiger partial charge in [-0.15, -0.1) is 21.5 Å². The second-order valence-corrected chi connectivity index (χ2v) is 9.24. The number of carbonyl (C=O) groups excluding carboxylic acids is 1. The first-order chi connectivity index (χ1) is 16.0. The lowest BCUT2D eigenvalue weighted by atomic mass is 10.2. The molecule has 33 heavy (non-hydrogen) atoms. The monoisotopic (exact) mass is 479 g/mol. The van der Waals surface area contributed by atoms with Gasteiger partial charge in [-0.2, -0.15) is 0 Å². The van der Waals surface area contributed by atoms with Crippen molar-refractivity contribution in [2.45, 2.75) is 30.3 Å². The summed E-state index contributed by atoms with van der Waals surface area (Å²) in [5.41, 5.74) is 1.83. The maximum atomic E-state index is 12.5. The number of thioether (sulfide) groups is 1. The molecule has 0 radical (unpaired) electrons. The van der Waals surface area contributed by atoms with Crippen LogP contribution in [0.4, 0.5) is 5.69 Å². The lowest BCUT2D eigenvalue weighted by Gasteiger charge is -2.16. The van der Waals surface area contributed by atoms with E-state index in [2.05, 4.69) is 15.5 Å². The highest BCUT2D eigenvalue weighted by Gasteiger charge is 2.22. The van der Waals surface area contributed by atoms with E-state index in [1.807, 2.05) is 59.3 Å². The molecule has 2 aromatic carbocycles. The van der Waals surface area contributed by atoms with E-state index in [0.717, 1.165) is 10.4 Å². The first kappa shape index (κ1) is 22.7. The number of carbonyl (C=O) groups is 1. The maximum Gasteiger partial charge on any atom is 0.269 e. The summed E-state index contributed by atoms with van der Waals surface area (Å²) >= 11 is 3.04. The Labute approximate surface area is 198 Å². The van der Waals surface area contributed by atoms with Crippen molar-refractivity contribution in [3.63, 3.8) is 0 Å². The zero-order valence-corrected chi connectivity index (χ0v) is 19.4. The van der Waals surface area contributed by atoms with Gasteiger partial charge in [0.2, 0.25) is 5.91 Å². The van der Waals surface area contributed by atoms with Crippen LogP contribution in [0.3, 0.4) is 0 Å². The molecule has 168 valence electrons. The summed E-state index contributed by atoms with van der Waals surface area (Å²) in [7, 11) is 0. The molecule has 1 unspecified atom stereocenters. The number of nitro groups is 1. The summed E-state index contributed by atoms with van der Waals surface area (Å²) in [6.07, 6.45) is 0.295. The minimum Gasteiger partial charge on any atom is -0.346 e. The molecular weight excluding hydrogens is 458 g/mol. The van der Waals surface area contributed by atoms with Crippen LogP contribution < -0.4 is 5.32 Å². The van der Waals surface area contributed by atoms with Crippen LogP contribution in [0.1, 0.15) is 29.2 Å². The Morgan fingerprint density at radius 3 is 2.55 bits per heavy atom. The molecule has 0 saturated heterocycles. The quantitative estimate of drug-likeness (QED) is 0.207. The minimum absolute atomic E-state index is 0.00385. The van der Waals surface area contributed by atoms with E-state index in [1.165, 1.54) is 35.2 Å². The first-order valence-electron chi connectivity index (χ1n) is 10.2. The lowest BCUT2D eigenvalue weighted by molar-refractivity contribution is -0.384. The molecular formula is C23H21N5O3S2. The molecule has 0 aliphatic carbocycles. The van der Waals surface area contributed by atoms with Gasteiger partial charge in [0, 0.05) is 28.5 Å². The van der Waals surface area contributed by atoms with E-state index >= 15 is 0 Å². The highest BCUT2D eigenvalue weighted by molar-refractivity contribution is 7.98.